The summed E-state index contributed by atoms with van der Waals surface area (Å²) in [5.74, 6) is -1.11. The molecule has 0 bridgehead atoms. The fourth-order valence-corrected chi connectivity index (χ4v) is 4.80. The summed E-state index contributed by atoms with van der Waals surface area (Å²) in [5.41, 5.74) is 1.77. The van der Waals surface area contributed by atoms with Crippen LogP contribution in [-0.2, 0) is 24.0 Å². The number of hydrogen-bond acceptors (Lipinski definition) is 3. The van der Waals surface area contributed by atoms with Crippen LogP contribution in [0.4, 0.5) is 13.2 Å². The van der Waals surface area contributed by atoms with Gasteiger partial charge in [-0.1, -0.05) is 54.6 Å². The van der Waals surface area contributed by atoms with Gasteiger partial charge in [0.25, 0.3) is 0 Å². The first-order chi connectivity index (χ1) is 19.0. The van der Waals surface area contributed by atoms with Crippen LogP contribution < -0.4 is 4.74 Å². The number of aromatic carboxylic acids is 1. The van der Waals surface area contributed by atoms with E-state index in [1.807, 2.05) is 24.3 Å². The Labute approximate surface area is 230 Å². The fourth-order valence-electron chi connectivity index (χ4n) is 4.80. The Hall–Kier alpha value is -4.07. The maximum atomic E-state index is 12.9. The van der Waals surface area contributed by atoms with E-state index in [2.05, 4.69) is 6.08 Å². The molecule has 5 nitrogen and oxygen atoms in total. The van der Waals surface area contributed by atoms with Gasteiger partial charge < -0.3 is 14.9 Å². The second-order valence-electron chi connectivity index (χ2n) is 10.5. The number of benzene rings is 3. The van der Waals surface area contributed by atoms with Crippen molar-refractivity contribution in [1.82, 2.24) is 0 Å². The molecule has 0 unspecified atom stereocenters. The molecule has 0 heterocycles. The summed E-state index contributed by atoms with van der Waals surface area (Å²) in [5, 5.41) is 18.5. The number of aliphatic carboxylic acids is 1. The number of carboxylic acid groups (broad SMARTS) is 2. The molecule has 210 valence electrons. The van der Waals surface area contributed by atoms with Crippen molar-refractivity contribution in [2.24, 2.45) is 11.3 Å². The van der Waals surface area contributed by atoms with E-state index in [0.717, 1.165) is 48.9 Å². The maximum Gasteiger partial charge on any atom is 0.416 e. The molecule has 3 aromatic carbocycles. The molecular formula is C32H31F3O5. The van der Waals surface area contributed by atoms with Crippen molar-refractivity contribution < 1.29 is 37.7 Å². The van der Waals surface area contributed by atoms with Crippen LogP contribution in [0, 0.1) is 11.3 Å². The minimum Gasteiger partial charge on any atom is -0.488 e. The van der Waals surface area contributed by atoms with E-state index < -0.39 is 23.7 Å². The molecule has 1 aliphatic carbocycles. The van der Waals surface area contributed by atoms with E-state index in [1.54, 1.807) is 30.3 Å². The predicted octanol–water partition coefficient (Wildman–Crippen LogP) is 7.89. The van der Waals surface area contributed by atoms with Crippen molar-refractivity contribution in [1.29, 1.82) is 0 Å². The molecule has 3 aromatic rings. The van der Waals surface area contributed by atoms with E-state index >= 15 is 0 Å². The molecule has 1 aliphatic rings. The number of ether oxygens (including phenoxy) is 1. The minimum absolute atomic E-state index is 0.0740. The molecule has 2 N–H and O–H groups in total. The lowest BCUT2D eigenvalue weighted by Gasteiger charge is -2.18. The largest absolute Gasteiger partial charge is 0.488 e. The monoisotopic (exact) mass is 552 g/mol. The van der Waals surface area contributed by atoms with Gasteiger partial charge in [-0.25, -0.2) is 4.79 Å². The van der Waals surface area contributed by atoms with Gasteiger partial charge in [0, 0.05) is 5.56 Å². The van der Waals surface area contributed by atoms with Crippen LogP contribution >= 0.6 is 0 Å². The Balaban J connectivity index is 1.47. The average molecular weight is 553 g/mol. The molecule has 4 rings (SSSR count). The standard InChI is InChI=1S/C32H31F3O5/c33-32(34,35)27-13-8-24(9-14-27)21-40-28-4-2-1-3-25(28)10-5-23(15-16-31(17-18-31)20-29(36)37)19-22-6-11-26(12-7-22)30(38)39/h1-14,23H,15-21H2,(H,36,37)(H,38,39)/b10-5+/t23-/m1/s1. The SMILES string of the molecule is O=C(O)CC1(CC[C@@H](/C=C/c2ccccc2OCc2ccc(C(F)(F)F)cc2)Cc2ccc(C(=O)O)cc2)CC1. The Morgan fingerprint density at radius 1 is 0.925 bits per heavy atom. The topological polar surface area (TPSA) is 83.8 Å². The van der Waals surface area contributed by atoms with Crippen molar-refractivity contribution in [3.8, 4) is 5.75 Å². The molecule has 1 fully saturated rings. The minimum atomic E-state index is -4.39. The first-order valence-electron chi connectivity index (χ1n) is 13.1. The molecule has 1 atom stereocenters. The highest BCUT2D eigenvalue weighted by atomic mass is 19.4. The third kappa shape index (κ3) is 8.21. The van der Waals surface area contributed by atoms with Crippen LogP contribution in [0.25, 0.3) is 6.08 Å². The van der Waals surface area contributed by atoms with E-state index in [1.165, 1.54) is 12.1 Å². The normalized spacial score (nSPS) is 15.1. The van der Waals surface area contributed by atoms with E-state index in [4.69, 9.17) is 4.74 Å². The Kier molecular flexibility index (Phi) is 8.97. The molecule has 0 radical (unpaired) electrons. The third-order valence-corrected chi connectivity index (χ3v) is 7.37. The first-order valence-corrected chi connectivity index (χ1v) is 13.1. The summed E-state index contributed by atoms with van der Waals surface area (Å²) in [7, 11) is 0. The number of carbonyl (C=O) groups is 2. The van der Waals surface area contributed by atoms with Crippen LogP contribution in [0.5, 0.6) is 5.75 Å². The quantitative estimate of drug-likeness (QED) is 0.225. The van der Waals surface area contributed by atoms with Gasteiger partial charge in [0.2, 0.25) is 0 Å². The van der Waals surface area contributed by atoms with Gasteiger partial charge in [-0.05, 0) is 84.9 Å². The van der Waals surface area contributed by atoms with Crippen molar-refractivity contribution in [3.63, 3.8) is 0 Å². The molecule has 0 aromatic heterocycles. The average Bonchev–Trinajstić information content (AvgIpc) is 3.68. The summed E-state index contributed by atoms with van der Waals surface area (Å²) in [4.78, 5) is 22.5. The zero-order valence-electron chi connectivity index (χ0n) is 21.9. The highest BCUT2D eigenvalue weighted by Gasteiger charge is 2.43. The third-order valence-electron chi connectivity index (χ3n) is 7.37. The van der Waals surface area contributed by atoms with Crippen molar-refractivity contribution >= 4 is 18.0 Å². The highest BCUT2D eigenvalue weighted by molar-refractivity contribution is 5.87. The molecule has 0 amide bonds. The van der Waals surface area contributed by atoms with Crippen LogP contribution in [0.1, 0.15) is 64.7 Å². The lowest BCUT2D eigenvalue weighted by Crippen LogP contribution is -2.11. The van der Waals surface area contributed by atoms with Gasteiger partial charge in [-0.15, -0.1) is 0 Å². The molecule has 0 saturated heterocycles. The molecule has 8 heteroatoms. The lowest BCUT2D eigenvalue weighted by atomic mass is 9.87. The number of alkyl halides is 3. The number of halogens is 3. The lowest BCUT2D eigenvalue weighted by molar-refractivity contribution is -0.139. The van der Waals surface area contributed by atoms with Gasteiger partial charge in [-0.3, -0.25) is 4.79 Å². The van der Waals surface area contributed by atoms with Crippen molar-refractivity contribution in [3.05, 3.63) is 107 Å². The van der Waals surface area contributed by atoms with E-state index in [-0.39, 0.29) is 29.9 Å². The molecule has 40 heavy (non-hydrogen) atoms. The Morgan fingerprint density at radius 2 is 1.57 bits per heavy atom. The summed E-state index contributed by atoms with van der Waals surface area (Å²) in [6.07, 6.45) is 3.83. The van der Waals surface area contributed by atoms with Gasteiger partial charge in [-0.2, -0.15) is 13.2 Å². The number of para-hydroxylation sites is 1. The van der Waals surface area contributed by atoms with E-state index in [0.29, 0.717) is 17.7 Å². The Bertz CT molecular complexity index is 1340. The second kappa shape index (κ2) is 12.4. The maximum absolute atomic E-state index is 12.9. The summed E-state index contributed by atoms with van der Waals surface area (Å²) in [6, 6.07) is 19.0. The van der Waals surface area contributed by atoms with Crippen molar-refractivity contribution in [2.45, 2.75) is 51.3 Å². The molecular weight excluding hydrogens is 521 g/mol. The van der Waals surface area contributed by atoms with Gasteiger partial charge >= 0.3 is 18.1 Å². The van der Waals surface area contributed by atoms with Crippen LogP contribution in [0.15, 0.2) is 78.9 Å². The number of carboxylic acids is 2. The summed E-state index contributed by atoms with van der Waals surface area (Å²) < 4.78 is 44.5. The number of hydrogen-bond donors (Lipinski definition) is 2. The Morgan fingerprint density at radius 3 is 2.17 bits per heavy atom. The van der Waals surface area contributed by atoms with E-state index in [9.17, 15) is 33.0 Å². The van der Waals surface area contributed by atoms with Gasteiger partial charge in [0.15, 0.2) is 0 Å². The van der Waals surface area contributed by atoms with Crippen molar-refractivity contribution in [2.75, 3.05) is 0 Å². The smallest absolute Gasteiger partial charge is 0.416 e. The van der Waals surface area contributed by atoms with Gasteiger partial charge in [0.1, 0.15) is 12.4 Å². The summed E-state index contributed by atoms with van der Waals surface area (Å²) in [6.45, 7) is 0.111. The zero-order valence-corrected chi connectivity index (χ0v) is 21.9. The zero-order chi connectivity index (χ0) is 28.8. The molecule has 0 aliphatic heterocycles. The first kappa shape index (κ1) is 28.9. The number of allylic oxidation sites excluding steroid dienone is 1. The van der Waals surface area contributed by atoms with Crippen LogP contribution in [0.3, 0.4) is 0 Å². The molecule has 0 spiro atoms. The second-order valence-corrected chi connectivity index (χ2v) is 10.5. The fraction of sp³-hybridized carbons (Fsp3) is 0.312. The number of rotatable bonds is 13. The molecule has 1 saturated carbocycles. The highest BCUT2D eigenvalue weighted by Crippen LogP contribution is 2.53. The summed E-state index contributed by atoms with van der Waals surface area (Å²) >= 11 is 0. The van der Waals surface area contributed by atoms with Crippen LogP contribution in [0.2, 0.25) is 0 Å². The van der Waals surface area contributed by atoms with Gasteiger partial charge in [0.05, 0.1) is 17.5 Å². The van der Waals surface area contributed by atoms with Crippen LogP contribution in [-0.4, -0.2) is 22.2 Å². The predicted molar refractivity (Wildman–Crippen MR) is 145 cm³/mol.